The maximum Gasteiger partial charge on any atom is 0.309 e. The van der Waals surface area contributed by atoms with Crippen molar-refractivity contribution in [3.63, 3.8) is 0 Å². The summed E-state index contributed by atoms with van der Waals surface area (Å²) >= 11 is 0. The lowest BCUT2D eigenvalue weighted by molar-refractivity contribution is 0.0846. The summed E-state index contributed by atoms with van der Waals surface area (Å²) in [5.41, 5.74) is 2.50. The summed E-state index contributed by atoms with van der Waals surface area (Å²) in [5.74, 6) is 0.0469. The van der Waals surface area contributed by atoms with Crippen molar-refractivity contribution in [2.45, 2.75) is 26.0 Å². The largest absolute Gasteiger partial charge is 0.484 e. The van der Waals surface area contributed by atoms with Crippen molar-refractivity contribution in [2.24, 2.45) is 0 Å². The van der Waals surface area contributed by atoms with E-state index in [4.69, 9.17) is 9.15 Å². The number of nitrogens with zero attached hydrogens (tertiary/aromatic N) is 4. The first-order valence-corrected chi connectivity index (χ1v) is 11.0. The third kappa shape index (κ3) is 4.74. The molecular formula is C26H22FN5O3. The number of hydrogen-bond donors (Lipinski definition) is 1. The Morgan fingerprint density at radius 3 is 2.54 bits per heavy atom. The number of amides is 1. The summed E-state index contributed by atoms with van der Waals surface area (Å²) in [6.07, 6.45) is 1.24. The van der Waals surface area contributed by atoms with Crippen molar-refractivity contribution in [3.05, 3.63) is 102 Å². The number of aryl methyl sites for hydroxylation is 1. The third-order valence-electron chi connectivity index (χ3n) is 5.53. The van der Waals surface area contributed by atoms with Gasteiger partial charge >= 0.3 is 11.8 Å². The number of ether oxygens (including phenoxy) is 1. The van der Waals surface area contributed by atoms with Gasteiger partial charge in [-0.2, -0.15) is 5.10 Å². The second-order valence-corrected chi connectivity index (χ2v) is 8.09. The molecule has 9 heteroatoms. The Balaban J connectivity index is 1.41. The van der Waals surface area contributed by atoms with Crippen LogP contribution in [0.25, 0.3) is 16.6 Å². The van der Waals surface area contributed by atoms with Crippen LogP contribution < -0.4 is 10.1 Å². The molecule has 0 radical (unpaired) electrons. The maximum absolute atomic E-state index is 13.3. The maximum atomic E-state index is 13.3. The highest BCUT2D eigenvalue weighted by Gasteiger charge is 2.25. The quantitative estimate of drug-likeness (QED) is 0.367. The molecule has 0 spiro atoms. The first-order chi connectivity index (χ1) is 17.0. The Morgan fingerprint density at radius 2 is 1.83 bits per heavy atom. The highest BCUT2D eigenvalue weighted by Crippen LogP contribution is 2.29. The Hall–Kier alpha value is -4.53. The molecule has 5 rings (SSSR count). The molecular weight excluding hydrogens is 449 g/mol. The van der Waals surface area contributed by atoms with Gasteiger partial charge in [0.25, 0.3) is 0 Å². The molecule has 3 aromatic carbocycles. The molecule has 0 aliphatic carbocycles. The lowest BCUT2D eigenvalue weighted by Crippen LogP contribution is -2.39. The number of aromatic nitrogens is 4. The van der Waals surface area contributed by atoms with E-state index in [1.165, 1.54) is 12.1 Å². The molecule has 0 aliphatic rings. The topological polar surface area (TPSA) is 95.1 Å². The van der Waals surface area contributed by atoms with E-state index in [2.05, 4.69) is 20.6 Å². The van der Waals surface area contributed by atoms with E-state index in [9.17, 15) is 9.18 Å². The van der Waals surface area contributed by atoms with Gasteiger partial charge in [-0.1, -0.05) is 30.3 Å². The van der Waals surface area contributed by atoms with Crippen LogP contribution >= 0.6 is 0 Å². The summed E-state index contributed by atoms with van der Waals surface area (Å²) < 4.78 is 26.7. The van der Waals surface area contributed by atoms with Crippen molar-refractivity contribution >= 4 is 16.8 Å². The van der Waals surface area contributed by atoms with Crippen molar-refractivity contribution in [2.75, 3.05) is 0 Å². The number of carbonyl (C=O) groups is 1. The highest BCUT2D eigenvalue weighted by atomic mass is 19.1. The molecule has 176 valence electrons. The molecule has 2 heterocycles. The van der Waals surface area contributed by atoms with Crippen LogP contribution in [0, 0.1) is 12.7 Å². The van der Waals surface area contributed by atoms with Gasteiger partial charge in [-0.15, -0.1) is 10.2 Å². The van der Waals surface area contributed by atoms with Crippen LogP contribution in [0.5, 0.6) is 5.75 Å². The second kappa shape index (κ2) is 9.38. The van der Waals surface area contributed by atoms with Crippen LogP contribution in [0.15, 0.2) is 83.4 Å². The van der Waals surface area contributed by atoms with Crippen LogP contribution in [0.4, 0.5) is 4.39 Å². The average Bonchev–Trinajstić information content (AvgIpc) is 3.49. The number of benzene rings is 3. The van der Waals surface area contributed by atoms with E-state index in [1.807, 2.05) is 55.5 Å². The molecule has 0 aliphatic heterocycles. The smallest absolute Gasteiger partial charge is 0.309 e. The lowest BCUT2D eigenvalue weighted by atomic mass is 10.0. The Labute approximate surface area is 200 Å². The fourth-order valence-corrected chi connectivity index (χ4v) is 3.85. The molecule has 0 fully saturated rings. The van der Waals surface area contributed by atoms with Gasteiger partial charge in [-0.05, 0) is 55.0 Å². The minimum absolute atomic E-state index is 0.101. The van der Waals surface area contributed by atoms with Gasteiger partial charge in [0.05, 0.1) is 23.4 Å². The fourth-order valence-electron chi connectivity index (χ4n) is 3.85. The van der Waals surface area contributed by atoms with Gasteiger partial charge in [-0.25, -0.2) is 9.07 Å². The van der Waals surface area contributed by atoms with Crippen LogP contribution in [0.1, 0.15) is 35.2 Å². The summed E-state index contributed by atoms with van der Waals surface area (Å²) in [5, 5.41) is 15.7. The second-order valence-electron chi connectivity index (χ2n) is 8.09. The van der Waals surface area contributed by atoms with Gasteiger partial charge in [0.1, 0.15) is 17.7 Å². The molecule has 1 unspecified atom stereocenters. The van der Waals surface area contributed by atoms with E-state index in [0.29, 0.717) is 11.6 Å². The third-order valence-corrected chi connectivity index (χ3v) is 5.53. The number of nitrogens with one attached hydrogen (secondary N) is 1. The first kappa shape index (κ1) is 22.3. The van der Waals surface area contributed by atoms with E-state index < -0.39 is 18.1 Å². The fraction of sp³-hybridized carbons (Fsp3) is 0.154. The zero-order valence-corrected chi connectivity index (χ0v) is 19.1. The molecule has 1 amide bonds. The van der Waals surface area contributed by atoms with Crippen molar-refractivity contribution in [3.8, 4) is 11.4 Å². The molecule has 2 aromatic heterocycles. The van der Waals surface area contributed by atoms with Crippen LogP contribution in [-0.4, -0.2) is 31.9 Å². The van der Waals surface area contributed by atoms with E-state index in [-0.39, 0.29) is 11.7 Å². The average molecular weight is 471 g/mol. The molecule has 1 N–H and O–H groups in total. The van der Waals surface area contributed by atoms with Gasteiger partial charge < -0.3 is 14.5 Å². The number of halogens is 1. The number of fused-ring (bicyclic) bond motifs is 1. The van der Waals surface area contributed by atoms with Crippen molar-refractivity contribution < 1.29 is 18.3 Å². The summed E-state index contributed by atoms with van der Waals surface area (Å²) in [6.45, 7) is 3.47. The highest BCUT2D eigenvalue weighted by molar-refractivity contribution is 5.89. The summed E-state index contributed by atoms with van der Waals surface area (Å²) in [7, 11) is 0. The Kier molecular flexibility index (Phi) is 5.97. The van der Waals surface area contributed by atoms with Gasteiger partial charge in [0.2, 0.25) is 5.89 Å². The molecule has 0 saturated heterocycles. The van der Waals surface area contributed by atoms with E-state index >= 15 is 0 Å². The van der Waals surface area contributed by atoms with Gasteiger partial charge in [-0.3, -0.25) is 4.79 Å². The zero-order valence-electron chi connectivity index (χ0n) is 19.1. The molecule has 35 heavy (non-hydrogen) atoms. The molecule has 0 saturated carbocycles. The Bertz CT molecular complexity index is 1460. The Morgan fingerprint density at radius 1 is 1.06 bits per heavy atom. The predicted octanol–water partition coefficient (Wildman–Crippen LogP) is 4.79. The first-order valence-electron chi connectivity index (χ1n) is 11.0. The van der Waals surface area contributed by atoms with Crippen LogP contribution in [0.2, 0.25) is 0 Å². The van der Waals surface area contributed by atoms with Crippen LogP contribution in [0.3, 0.4) is 0 Å². The monoisotopic (exact) mass is 471 g/mol. The number of carbonyl (C=O) groups excluding carboxylic acids is 1. The minimum atomic E-state index is -0.492. The van der Waals surface area contributed by atoms with E-state index in [0.717, 1.165) is 22.2 Å². The van der Waals surface area contributed by atoms with Crippen molar-refractivity contribution in [1.29, 1.82) is 0 Å². The summed E-state index contributed by atoms with van der Waals surface area (Å²) in [4.78, 5) is 12.6. The van der Waals surface area contributed by atoms with Gasteiger partial charge in [0.15, 0.2) is 0 Å². The zero-order chi connectivity index (χ0) is 24.4. The standard InChI is InChI=1S/C26H22FN5O3/c1-16(29-25(33)26-31-30-17(2)34-26)24(18-6-4-3-5-7-18)35-22-12-13-23-19(14-22)15-28-32(23)21-10-8-20(27)9-11-21/h3-16,24H,1-2H3,(H,29,33)/t16?,24-/m0/s1. The van der Waals surface area contributed by atoms with E-state index in [1.54, 1.807) is 29.9 Å². The number of rotatable bonds is 7. The normalized spacial score (nSPS) is 12.9. The molecule has 2 atom stereocenters. The predicted molar refractivity (Wildman–Crippen MR) is 127 cm³/mol. The van der Waals surface area contributed by atoms with Crippen molar-refractivity contribution in [1.82, 2.24) is 25.3 Å². The summed E-state index contributed by atoms with van der Waals surface area (Å²) in [6, 6.07) is 21.0. The molecule has 0 bridgehead atoms. The minimum Gasteiger partial charge on any atom is -0.484 e. The lowest BCUT2D eigenvalue weighted by Gasteiger charge is -2.26. The number of hydrogen-bond acceptors (Lipinski definition) is 6. The molecule has 8 nitrogen and oxygen atoms in total. The SMILES string of the molecule is Cc1nnc(C(=O)NC(C)[C@H](Oc2ccc3c(cnn3-c3ccc(F)cc3)c2)c2ccccc2)o1. The molecule has 5 aromatic rings. The van der Waals surface area contributed by atoms with Crippen LogP contribution in [-0.2, 0) is 0 Å². The van der Waals surface area contributed by atoms with Gasteiger partial charge in [0, 0.05) is 12.3 Å².